The van der Waals surface area contributed by atoms with Crippen molar-refractivity contribution in [2.75, 3.05) is 5.88 Å². The standard InChI is InChI=1S/C14H17ClN2/c1-14(2,10-15)17-9-11-7-8-16-13-6-4-3-5-12(11)13/h3-8,17H,9-10H2,1-2H3. The second-order valence-electron chi connectivity index (χ2n) is 4.86. The van der Waals surface area contributed by atoms with Gasteiger partial charge in [0, 0.05) is 29.5 Å². The highest BCUT2D eigenvalue weighted by Crippen LogP contribution is 2.17. The minimum atomic E-state index is -0.0497. The maximum absolute atomic E-state index is 5.90. The van der Waals surface area contributed by atoms with Crippen molar-refractivity contribution in [1.82, 2.24) is 10.3 Å². The van der Waals surface area contributed by atoms with Crippen LogP contribution in [0.4, 0.5) is 0 Å². The third-order valence-electron chi connectivity index (χ3n) is 2.83. The van der Waals surface area contributed by atoms with Crippen LogP contribution >= 0.6 is 11.6 Å². The Hall–Kier alpha value is -1.12. The van der Waals surface area contributed by atoms with Gasteiger partial charge >= 0.3 is 0 Å². The molecule has 0 radical (unpaired) electrons. The molecule has 90 valence electrons. The number of pyridine rings is 1. The zero-order valence-corrected chi connectivity index (χ0v) is 11.0. The molecular formula is C14H17ClN2. The molecule has 0 bridgehead atoms. The van der Waals surface area contributed by atoms with Crippen LogP contribution in [0, 0.1) is 0 Å². The first kappa shape index (κ1) is 12.3. The van der Waals surface area contributed by atoms with Crippen molar-refractivity contribution in [3.63, 3.8) is 0 Å². The predicted octanol–water partition coefficient (Wildman–Crippen LogP) is 3.34. The maximum atomic E-state index is 5.90. The van der Waals surface area contributed by atoms with Gasteiger partial charge in [0.15, 0.2) is 0 Å². The molecule has 0 fully saturated rings. The van der Waals surface area contributed by atoms with E-state index in [1.165, 1.54) is 10.9 Å². The molecule has 0 atom stereocenters. The van der Waals surface area contributed by atoms with Gasteiger partial charge in [-0.2, -0.15) is 0 Å². The van der Waals surface area contributed by atoms with Crippen molar-refractivity contribution in [2.24, 2.45) is 0 Å². The second-order valence-corrected chi connectivity index (χ2v) is 5.13. The second kappa shape index (κ2) is 5.03. The summed E-state index contributed by atoms with van der Waals surface area (Å²) in [6.07, 6.45) is 1.85. The number of para-hydroxylation sites is 1. The summed E-state index contributed by atoms with van der Waals surface area (Å²) >= 11 is 5.90. The molecule has 0 unspecified atom stereocenters. The van der Waals surface area contributed by atoms with Crippen LogP contribution in [-0.2, 0) is 6.54 Å². The molecule has 0 aliphatic carbocycles. The summed E-state index contributed by atoms with van der Waals surface area (Å²) < 4.78 is 0. The van der Waals surface area contributed by atoms with Gasteiger partial charge < -0.3 is 5.32 Å². The molecular weight excluding hydrogens is 232 g/mol. The maximum Gasteiger partial charge on any atom is 0.0705 e. The van der Waals surface area contributed by atoms with Gasteiger partial charge in [0.25, 0.3) is 0 Å². The number of rotatable bonds is 4. The van der Waals surface area contributed by atoms with Gasteiger partial charge in [0.1, 0.15) is 0 Å². The molecule has 2 rings (SSSR count). The number of fused-ring (bicyclic) bond motifs is 1. The lowest BCUT2D eigenvalue weighted by molar-refractivity contribution is 0.430. The highest BCUT2D eigenvalue weighted by Gasteiger charge is 2.15. The van der Waals surface area contributed by atoms with Crippen LogP contribution in [0.25, 0.3) is 10.9 Å². The number of hydrogen-bond acceptors (Lipinski definition) is 2. The molecule has 17 heavy (non-hydrogen) atoms. The Kier molecular flexibility index (Phi) is 3.65. The van der Waals surface area contributed by atoms with Crippen molar-refractivity contribution in [2.45, 2.75) is 25.9 Å². The Morgan fingerprint density at radius 3 is 2.76 bits per heavy atom. The lowest BCUT2D eigenvalue weighted by Gasteiger charge is -2.23. The molecule has 0 saturated heterocycles. The Labute approximate surface area is 107 Å². The summed E-state index contributed by atoms with van der Waals surface area (Å²) in [5.41, 5.74) is 2.25. The van der Waals surface area contributed by atoms with Gasteiger partial charge in [-0.25, -0.2) is 0 Å². The summed E-state index contributed by atoms with van der Waals surface area (Å²) in [7, 11) is 0. The number of benzene rings is 1. The summed E-state index contributed by atoms with van der Waals surface area (Å²) in [6.45, 7) is 5.01. The highest BCUT2D eigenvalue weighted by atomic mass is 35.5. The molecule has 0 saturated carbocycles. The van der Waals surface area contributed by atoms with Crippen LogP contribution in [0.15, 0.2) is 36.5 Å². The molecule has 2 nitrogen and oxygen atoms in total. The zero-order chi connectivity index (χ0) is 12.3. The van der Waals surface area contributed by atoms with Crippen molar-refractivity contribution in [1.29, 1.82) is 0 Å². The lowest BCUT2D eigenvalue weighted by Crippen LogP contribution is -2.40. The third-order valence-corrected chi connectivity index (χ3v) is 3.50. The van der Waals surface area contributed by atoms with Crippen LogP contribution in [0.1, 0.15) is 19.4 Å². The number of alkyl halides is 1. The molecule has 3 heteroatoms. The van der Waals surface area contributed by atoms with E-state index in [0.29, 0.717) is 5.88 Å². The normalized spacial score (nSPS) is 11.9. The Balaban J connectivity index is 2.24. The number of nitrogens with one attached hydrogen (secondary N) is 1. The van der Waals surface area contributed by atoms with E-state index in [-0.39, 0.29) is 5.54 Å². The zero-order valence-electron chi connectivity index (χ0n) is 10.2. The van der Waals surface area contributed by atoms with E-state index in [1.54, 1.807) is 0 Å². The fourth-order valence-electron chi connectivity index (χ4n) is 1.69. The van der Waals surface area contributed by atoms with Crippen molar-refractivity contribution < 1.29 is 0 Å². The molecule has 0 aliphatic rings. The van der Waals surface area contributed by atoms with E-state index in [1.807, 2.05) is 24.4 Å². The molecule has 1 aromatic carbocycles. The van der Waals surface area contributed by atoms with Crippen LogP contribution in [0.2, 0.25) is 0 Å². The van der Waals surface area contributed by atoms with E-state index in [9.17, 15) is 0 Å². The fourth-order valence-corrected chi connectivity index (χ4v) is 1.79. The number of hydrogen-bond donors (Lipinski definition) is 1. The van der Waals surface area contributed by atoms with Crippen molar-refractivity contribution in [3.05, 3.63) is 42.1 Å². The van der Waals surface area contributed by atoms with Gasteiger partial charge in [-0.1, -0.05) is 18.2 Å². The topological polar surface area (TPSA) is 24.9 Å². The summed E-state index contributed by atoms with van der Waals surface area (Å²) in [6, 6.07) is 10.2. The first-order valence-electron chi connectivity index (χ1n) is 5.76. The van der Waals surface area contributed by atoms with Crippen LogP contribution in [-0.4, -0.2) is 16.4 Å². The predicted molar refractivity (Wildman–Crippen MR) is 73.4 cm³/mol. The monoisotopic (exact) mass is 248 g/mol. The number of halogens is 1. The smallest absolute Gasteiger partial charge is 0.0705 e. The van der Waals surface area contributed by atoms with Gasteiger partial charge in [-0.3, -0.25) is 4.98 Å². The molecule has 1 heterocycles. The highest BCUT2D eigenvalue weighted by molar-refractivity contribution is 6.18. The van der Waals surface area contributed by atoms with Gasteiger partial charge in [-0.05, 0) is 31.5 Å². The quantitative estimate of drug-likeness (QED) is 0.840. The number of nitrogens with zero attached hydrogens (tertiary/aromatic N) is 1. The minimum absolute atomic E-state index is 0.0497. The Bertz CT molecular complexity index is 503. The Morgan fingerprint density at radius 2 is 2.00 bits per heavy atom. The molecule has 1 N–H and O–H groups in total. The lowest BCUT2D eigenvalue weighted by atomic mass is 10.1. The Morgan fingerprint density at radius 1 is 1.24 bits per heavy atom. The SMILES string of the molecule is CC(C)(CCl)NCc1ccnc2ccccc12. The molecule has 0 amide bonds. The van der Waals surface area contributed by atoms with Crippen LogP contribution in [0.5, 0.6) is 0 Å². The van der Waals surface area contributed by atoms with Gasteiger partial charge in [0.2, 0.25) is 0 Å². The summed E-state index contributed by atoms with van der Waals surface area (Å²) in [4.78, 5) is 4.35. The van der Waals surface area contributed by atoms with E-state index in [2.05, 4.69) is 36.3 Å². The van der Waals surface area contributed by atoms with E-state index in [0.717, 1.165) is 12.1 Å². The van der Waals surface area contributed by atoms with Crippen molar-refractivity contribution >= 4 is 22.5 Å². The minimum Gasteiger partial charge on any atom is -0.307 e. The molecule has 2 aromatic rings. The summed E-state index contributed by atoms with van der Waals surface area (Å²) in [5.74, 6) is 0.593. The fraction of sp³-hybridized carbons (Fsp3) is 0.357. The van der Waals surface area contributed by atoms with Gasteiger partial charge in [0.05, 0.1) is 5.52 Å². The molecule has 0 spiro atoms. The van der Waals surface area contributed by atoms with E-state index < -0.39 is 0 Å². The van der Waals surface area contributed by atoms with Crippen LogP contribution in [0.3, 0.4) is 0 Å². The van der Waals surface area contributed by atoms with E-state index in [4.69, 9.17) is 11.6 Å². The van der Waals surface area contributed by atoms with Crippen LogP contribution < -0.4 is 5.32 Å². The average Bonchev–Trinajstić information content (AvgIpc) is 2.36. The van der Waals surface area contributed by atoms with Gasteiger partial charge in [-0.15, -0.1) is 11.6 Å². The largest absolute Gasteiger partial charge is 0.307 e. The first-order valence-corrected chi connectivity index (χ1v) is 6.29. The van der Waals surface area contributed by atoms with Crippen molar-refractivity contribution in [3.8, 4) is 0 Å². The van der Waals surface area contributed by atoms with E-state index >= 15 is 0 Å². The average molecular weight is 249 g/mol. The molecule has 1 aromatic heterocycles. The summed E-state index contributed by atoms with van der Waals surface area (Å²) in [5, 5.41) is 4.66. The first-order chi connectivity index (χ1) is 8.12. The third kappa shape index (κ3) is 2.96. The molecule has 0 aliphatic heterocycles. The number of aromatic nitrogens is 1.